The van der Waals surface area contributed by atoms with Crippen molar-refractivity contribution in [2.45, 2.75) is 25.7 Å². The zero-order valence-electron chi connectivity index (χ0n) is 19.6. The maximum Gasteiger partial charge on any atom is 0.262 e. The van der Waals surface area contributed by atoms with Crippen molar-refractivity contribution in [1.29, 1.82) is 0 Å². The van der Waals surface area contributed by atoms with Crippen molar-refractivity contribution in [3.8, 4) is 11.4 Å². The summed E-state index contributed by atoms with van der Waals surface area (Å²) in [6.45, 7) is 5.28. The van der Waals surface area contributed by atoms with Crippen molar-refractivity contribution in [3.63, 3.8) is 0 Å². The normalized spacial score (nSPS) is 11.2. The number of ether oxygens (including phenoxy) is 1. The highest BCUT2D eigenvalue weighted by Gasteiger charge is 2.21. The molecule has 2 N–H and O–H groups in total. The van der Waals surface area contributed by atoms with Crippen molar-refractivity contribution in [2.24, 2.45) is 0 Å². The monoisotopic (exact) mass is 492 g/mol. The number of benzene rings is 3. The van der Waals surface area contributed by atoms with Crippen LogP contribution in [-0.2, 0) is 10.0 Å². The van der Waals surface area contributed by atoms with Gasteiger partial charge in [0.2, 0.25) is 0 Å². The van der Waals surface area contributed by atoms with Crippen molar-refractivity contribution in [2.75, 3.05) is 17.1 Å². The zero-order chi connectivity index (χ0) is 25.2. The predicted molar refractivity (Wildman–Crippen MR) is 132 cm³/mol. The molecule has 0 saturated heterocycles. The summed E-state index contributed by atoms with van der Waals surface area (Å²) in [5.41, 5.74) is 2.74. The highest BCUT2D eigenvalue weighted by molar-refractivity contribution is 7.92. The Bertz CT molecular complexity index is 1510. The summed E-state index contributed by atoms with van der Waals surface area (Å²) in [6, 6.07) is 16.6. The maximum atomic E-state index is 13.2. The number of para-hydroxylation sites is 1. The molecule has 4 rings (SSSR count). The minimum atomic E-state index is -3.92. The molecule has 0 unspecified atom stereocenters. The third-order valence-corrected chi connectivity index (χ3v) is 6.85. The number of anilines is 2. The van der Waals surface area contributed by atoms with Crippen LogP contribution in [0.3, 0.4) is 0 Å². The Morgan fingerprint density at radius 2 is 1.77 bits per heavy atom. The average Bonchev–Trinajstić information content (AvgIpc) is 3.26. The van der Waals surface area contributed by atoms with E-state index in [9.17, 15) is 13.2 Å². The number of amides is 1. The third kappa shape index (κ3) is 4.99. The number of hydrogen-bond acceptors (Lipinski definition) is 7. The van der Waals surface area contributed by atoms with Gasteiger partial charge in [-0.25, -0.2) is 8.42 Å². The van der Waals surface area contributed by atoms with Crippen LogP contribution in [0.25, 0.3) is 5.69 Å². The second-order valence-electron chi connectivity index (χ2n) is 7.90. The molecule has 0 radical (unpaired) electrons. The first-order valence-electron chi connectivity index (χ1n) is 10.6. The standard InChI is InChI=1S/C24H24N6O4S/c1-15-9-10-16(2)23(13-15)35(32,33)27-20-8-6-5-7-19(20)24(31)25-18-11-12-22(34-4)21(14-18)30-17(3)26-28-29-30/h5-14,27H,1-4H3,(H,25,31). The lowest BCUT2D eigenvalue weighted by atomic mass is 10.1. The number of aryl methyl sites for hydroxylation is 3. The molecular weight excluding hydrogens is 468 g/mol. The fourth-order valence-corrected chi connectivity index (χ4v) is 4.96. The number of sulfonamides is 1. The largest absolute Gasteiger partial charge is 0.494 e. The smallest absolute Gasteiger partial charge is 0.262 e. The number of rotatable bonds is 7. The minimum absolute atomic E-state index is 0.157. The quantitative estimate of drug-likeness (QED) is 0.403. The van der Waals surface area contributed by atoms with Gasteiger partial charge in [0.15, 0.2) is 5.82 Å². The van der Waals surface area contributed by atoms with E-state index in [0.717, 1.165) is 5.56 Å². The van der Waals surface area contributed by atoms with Gasteiger partial charge < -0.3 is 10.1 Å². The first kappa shape index (κ1) is 23.9. The molecule has 4 aromatic rings. The first-order chi connectivity index (χ1) is 16.7. The van der Waals surface area contributed by atoms with Crippen LogP contribution in [0.1, 0.15) is 27.3 Å². The number of nitrogens with zero attached hydrogens (tertiary/aromatic N) is 4. The van der Waals surface area contributed by atoms with E-state index in [2.05, 4.69) is 25.6 Å². The van der Waals surface area contributed by atoms with Crippen LogP contribution in [0.5, 0.6) is 5.75 Å². The molecule has 10 nitrogen and oxygen atoms in total. The Morgan fingerprint density at radius 3 is 2.49 bits per heavy atom. The molecule has 1 heterocycles. The molecule has 0 atom stereocenters. The van der Waals surface area contributed by atoms with E-state index in [4.69, 9.17) is 4.74 Å². The molecule has 1 amide bonds. The van der Waals surface area contributed by atoms with Gasteiger partial charge in [-0.15, -0.1) is 5.10 Å². The summed E-state index contributed by atoms with van der Waals surface area (Å²) in [4.78, 5) is 13.3. The van der Waals surface area contributed by atoms with Crippen molar-refractivity contribution in [3.05, 3.63) is 83.2 Å². The lowest BCUT2D eigenvalue weighted by Gasteiger charge is -2.15. The number of nitrogens with one attached hydrogen (secondary N) is 2. The van der Waals surface area contributed by atoms with Crippen molar-refractivity contribution >= 4 is 27.3 Å². The molecule has 0 aliphatic carbocycles. The van der Waals surface area contributed by atoms with Crippen LogP contribution >= 0.6 is 0 Å². The molecule has 3 aromatic carbocycles. The van der Waals surface area contributed by atoms with E-state index in [1.807, 2.05) is 13.0 Å². The van der Waals surface area contributed by atoms with Crippen LogP contribution in [-0.4, -0.2) is 41.6 Å². The lowest BCUT2D eigenvalue weighted by molar-refractivity contribution is 0.102. The summed E-state index contributed by atoms with van der Waals surface area (Å²) in [5, 5.41) is 14.3. The van der Waals surface area contributed by atoms with E-state index in [1.54, 1.807) is 68.4 Å². The zero-order valence-corrected chi connectivity index (χ0v) is 20.4. The van der Waals surface area contributed by atoms with Crippen molar-refractivity contribution < 1.29 is 17.9 Å². The number of hydrogen-bond donors (Lipinski definition) is 2. The van der Waals surface area contributed by atoms with E-state index in [1.165, 1.54) is 11.8 Å². The number of methoxy groups -OCH3 is 1. The Balaban J connectivity index is 1.64. The highest BCUT2D eigenvalue weighted by atomic mass is 32.2. The van der Waals surface area contributed by atoms with Crippen LogP contribution in [0.2, 0.25) is 0 Å². The Hall–Kier alpha value is -4.25. The molecule has 35 heavy (non-hydrogen) atoms. The molecule has 0 spiro atoms. The summed E-state index contributed by atoms with van der Waals surface area (Å²) in [7, 11) is -2.39. The number of aromatic nitrogens is 4. The lowest BCUT2D eigenvalue weighted by Crippen LogP contribution is -2.19. The number of carbonyl (C=O) groups is 1. The van der Waals surface area contributed by atoms with E-state index in [0.29, 0.717) is 28.5 Å². The van der Waals surface area contributed by atoms with E-state index in [-0.39, 0.29) is 16.1 Å². The van der Waals surface area contributed by atoms with Gasteiger partial charge >= 0.3 is 0 Å². The molecule has 1 aromatic heterocycles. The van der Waals surface area contributed by atoms with Gasteiger partial charge in [-0.3, -0.25) is 9.52 Å². The molecule has 0 bridgehead atoms. The second-order valence-corrected chi connectivity index (χ2v) is 9.55. The van der Waals surface area contributed by atoms with Crippen LogP contribution < -0.4 is 14.8 Å². The fourth-order valence-electron chi connectivity index (χ4n) is 3.55. The average molecular weight is 493 g/mol. The fraction of sp³-hybridized carbons (Fsp3) is 0.167. The summed E-state index contributed by atoms with van der Waals surface area (Å²) in [5.74, 6) is 0.562. The number of carbonyl (C=O) groups excluding carboxylic acids is 1. The third-order valence-electron chi connectivity index (χ3n) is 5.34. The summed E-state index contributed by atoms with van der Waals surface area (Å²) < 4.78 is 35.7. The highest BCUT2D eigenvalue weighted by Crippen LogP contribution is 2.28. The van der Waals surface area contributed by atoms with Crippen molar-refractivity contribution in [1.82, 2.24) is 20.2 Å². The SMILES string of the molecule is COc1ccc(NC(=O)c2ccccc2NS(=O)(=O)c2cc(C)ccc2C)cc1-n1nnnc1C. The molecule has 11 heteroatoms. The molecule has 0 fully saturated rings. The van der Waals surface area contributed by atoms with Gasteiger partial charge in [0.25, 0.3) is 15.9 Å². The van der Waals surface area contributed by atoms with Crippen LogP contribution in [0.15, 0.2) is 65.6 Å². The number of tetrazole rings is 1. The van der Waals surface area contributed by atoms with Gasteiger partial charge in [0.1, 0.15) is 11.4 Å². The Kier molecular flexibility index (Phi) is 6.52. The minimum Gasteiger partial charge on any atom is -0.494 e. The van der Waals surface area contributed by atoms with Crippen LogP contribution in [0.4, 0.5) is 11.4 Å². The van der Waals surface area contributed by atoms with Crippen LogP contribution in [0, 0.1) is 20.8 Å². The van der Waals surface area contributed by atoms with Gasteiger partial charge in [-0.05, 0) is 78.7 Å². The maximum absolute atomic E-state index is 13.2. The molecule has 180 valence electrons. The topological polar surface area (TPSA) is 128 Å². The molecular formula is C24H24N6O4S. The second kappa shape index (κ2) is 9.55. The summed E-state index contributed by atoms with van der Waals surface area (Å²) >= 11 is 0. The molecule has 0 saturated carbocycles. The Labute approximate surface area is 203 Å². The molecule has 0 aliphatic heterocycles. The summed E-state index contributed by atoms with van der Waals surface area (Å²) in [6.07, 6.45) is 0. The van der Waals surface area contributed by atoms with Gasteiger partial charge in [0.05, 0.1) is 23.3 Å². The van der Waals surface area contributed by atoms with Gasteiger partial charge in [-0.1, -0.05) is 24.3 Å². The van der Waals surface area contributed by atoms with E-state index >= 15 is 0 Å². The van der Waals surface area contributed by atoms with Gasteiger partial charge in [-0.2, -0.15) is 4.68 Å². The van der Waals surface area contributed by atoms with Gasteiger partial charge in [0, 0.05) is 5.69 Å². The Morgan fingerprint density at radius 1 is 1.00 bits per heavy atom. The van der Waals surface area contributed by atoms with E-state index < -0.39 is 15.9 Å². The first-order valence-corrected chi connectivity index (χ1v) is 12.1. The molecule has 0 aliphatic rings. The predicted octanol–water partition coefficient (Wildman–Crippen LogP) is 3.65.